The molecule has 0 heterocycles. The van der Waals surface area contributed by atoms with Crippen molar-refractivity contribution in [1.29, 1.82) is 0 Å². The number of Topliss-reactive ketones (excluding diaryl/α,β-unsaturated/α-hetero) is 1. The van der Waals surface area contributed by atoms with Crippen molar-refractivity contribution in [1.82, 2.24) is 0 Å². The van der Waals surface area contributed by atoms with E-state index >= 15 is 0 Å². The Balaban J connectivity index is 2.28. The van der Waals surface area contributed by atoms with E-state index in [2.05, 4.69) is 0 Å². The van der Waals surface area contributed by atoms with Crippen LogP contribution in [0.15, 0.2) is 36.4 Å². The van der Waals surface area contributed by atoms with Gasteiger partial charge in [0.15, 0.2) is 5.78 Å². The largest absolute Gasteiger partial charge is 0.496 e. The Labute approximate surface area is 122 Å². The van der Waals surface area contributed by atoms with Gasteiger partial charge in [0.2, 0.25) is 0 Å². The molecule has 0 fully saturated rings. The molecule has 0 N–H and O–H groups in total. The van der Waals surface area contributed by atoms with Crippen LogP contribution in [-0.2, 0) is 6.42 Å². The molecule has 0 spiro atoms. The van der Waals surface area contributed by atoms with Crippen molar-refractivity contribution in [3.63, 3.8) is 0 Å². The number of carbonyl (C=O) groups excluding carboxylic acids is 1. The van der Waals surface area contributed by atoms with Crippen LogP contribution in [0.5, 0.6) is 5.75 Å². The lowest BCUT2D eigenvalue weighted by molar-refractivity contribution is 0.0990. The van der Waals surface area contributed by atoms with Gasteiger partial charge in [-0.25, -0.2) is 4.39 Å². The van der Waals surface area contributed by atoms with Crippen molar-refractivity contribution in [2.24, 2.45) is 0 Å². The molecule has 0 aliphatic heterocycles. The molecule has 0 bridgehead atoms. The van der Waals surface area contributed by atoms with E-state index in [1.165, 1.54) is 19.2 Å². The molecule has 0 aliphatic rings. The maximum Gasteiger partial charge on any atom is 0.170 e. The minimum atomic E-state index is -0.303. The quantitative estimate of drug-likeness (QED) is 0.789. The summed E-state index contributed by atoms with van der Waals surface area (Å²) in [5.41, 5.74) is 2.03. The average Bonchev–Trinajstić information content (AvgIpc) is 2.41. The zero-order valence-electron chi connectivity index (χ0n) is 11.2. The summed E-state index contributed by atoms with van der Waals surface area (Å²) in [7, 11) is 1.49. The monoisotopic (exact) mass is 292 g/mol. The number of aryl methyl sites for hydroxylation is 1. The van der Waals surface area contributed by atoms with Gasteiger partial charge in [0, 0.05) is 11.4 Å². The second-order valence-electron chi connectivity index (χ2n) is 4.52. The van der Waals surface area contributed by atoms with Crippen molar-refractivity contribution in [3.8, 4) is 5.75 Å². The Bertz CT molecular complexity index is 653. The van der Waals surface area contributed by atoms with E-state index < -0.39 is 0 Å². The second-order valence-corrected chi connectivity index (χ2v) is 4.95. The van der Waals surface area contributed by atoms with Crippen LogP contribution in [-0.4, -0.2) is 12.9 Å². The molecule has 0 atom stereocenters. The van der Waals surface area contributed by atoms with Gasteiger partial charge in [-0.15, -0.1) is 0 Å². The van der Waals surface area contributed by atoms with E-state index in [0.29, 0.717) is 16.3 Å². The molecular formula is C16H14ClFO2. The highest BCUT2D eigenvalue weighted by Gasteiger charge is 2.14. The van der Waals surface area contributed by atoms with Gasteiger partial charge in [-0.1, -0.05) is 17.7 Å². The normalized spacial score (nSPS) is 10.4. The fraction of sp³-hybridized carbons (Fsp3) is 0.188. The summed E-state index contributed by atoms with van der Waals surface area (Å²) >= 11 is 5.87. The summed E-state index contributed by atoms with van der Waals surface area (Å²) in [6.45, 7) is 1.78. The molecule has 104 valence electrons. The van der Waals surface area contributed by atoms with Crippen LogP contribution in [0.2, 0.25) is 5.02 Å². The topological polar surface area (TPSA) is 26.3 Å². The van der Waals surface area contributed by atoms with Gasteiger partial charge >= 0.3 is 0 Å². The summed E-state index contributed by atoms with van der Waals surface area (Å²) in [5, 5.41) is 0.511. The molecule has 2 aromatic carbocycles. The van der Waals surface area contributed by atoms with Crippen LogP contribution in [0.25, 0.3) is 0 Å². The first kappa shape index (κ1) is 14.5. The number of methoxy groups -OCH3 is 1. The summed E-state index contributed by atoms with van der Waals surface area (Å²) in [6.07, 6.45) is 0.199. The van der Waals surface area contributed by atoms with E-state index in [9.17, 15) is 9.18 Å². The Morgan fingerprint density at radius 2 is 2.00 bits per heavy atom. The maximum atomic E-state index is 13.1. The van der Waals surface area contributed by atoms with Crippen molar-refractivity contribution >= 4 is 17.4 Å². The summed E-state index contributed by atoms with van der Waals surface area (Å²) < 4.78 is 18.2. The third-order valence-electron chi connectivity index (χ3n) is 3.12. The van der Waals surface area contributed by atoms with Crippen molar-refractivity contribution in [2.75, 3.05) is 7.11 Å². The standard InChI is InChI=1S/C16H14ClFO2/c1-10-7-13(18)5-3-11(10)8-15(19)14-6-4-12(17)9-16(14)20-2/h3-7,9H,8H2,1-2H3. The summed E-state index contributed by atoms with van der Waals surface area (Å²) in [6, 6.07) is 9.30. The number of ether oxygens (including phenoxy) is 1. The number of hydrogen-bond acceptors (Lipinski definition) is 2. The van der Waals surface area contributed by atoms with Crippen LogP contribution in [0.3, 0.4) is 0 Å². The van der Waals surface area contributed by atoms with Gasteiger partial charge in [-0.2, -0.15) is 0 Å². The predicted molar refractivity (Wildman–Crippen MR) is 77.2 cm³/mol. The van der Waals surface area contributed by atoms with Crippen molar-refractivity contribution in [3.05, 3.63) is 63.9 Å². The first-order valence-corrected chi connectivity index (χ1v) is 6.51. The first-order chi connectivity index (χ1) is 9.51. The number of carbonyl (C=O) groups is 1. The SMILES string of the molecule is COc1cc(Cl)ccc1C(=O)Cc1ccc(F)cc1C. The van der Waals surface area contributed by atoms with Crippen LogP contribution < -0.4 is 4.74 Å². The van der Waals surface area contributed by atoms with Gasteiger partial charge in [0.05, 0.1) is 12.7 Å². The Morgan fingerprint density at radius 3 is 2.65 bits per heavy atom. The maximum absolute atomic E-state index is 13.1. The molecular weight excluding hydrogens is 279 g/mol. The third kappa shape index (κ3) is 3.17. The van der Waals surface area contributed by atoms with Crippen molar-refractivity contribution in [2.45, 2.75) is 13.3 Å². The molecule has 0 saturated heterocycles. The van der Waals surface area contributed by atoms with E-state index in [0.717, 1.165) is 11.1 Å². The van der Waals surface area contributed by atoms with Gasteiger partial charge in [-0.3, -0.25) is 4.79 Å². The summed E-state index contributed by atoms with van der Waals surface area (Å²) in [4.78, 5) is 12.3. The molecule has 0 aromatic heterocycles. The second kappa shape index (κ2) is 6.06. The highest BCUT2D eigenvalue weighted by molar-refractivity contribution is 6.30. The van der Waals surface area contributed by atoms with Crippen LogP contribution in [0.4, 0.5) is 4.39 Å². The van der Waals surface area contributed by atoms with Crippen molar-refractivity contribution < 1.29 is 13.9 Å². The molecule has 0 saturated carbocycles. The van der Waals surface area contributed by atoms with E-state index in [4.69, 9.17) is 16.3 Å². The van der Waals surface area contributed by atoms with Gasteiger partial charge in [0.1, 0.15) is 11.6 Å². The zero-order valence-corrected chi connectivity index (χ0v) is 12.0. The predicted octanol–water partition coefficient (Wildman–Crippen LogP) is 4.22. The molecule has 2 aromatic rings. The molecule has 0 unspecified atom stereocenters. The third-order valence-corrected chi connectivity index (χ3v) is 3.35. The molecule has 4 heteroatoms. The van der Waals surface area contributed by atoms with Gasteiger partial charge in [-0.05, 0) is 48.4 Å². The highest BCUT2D eigenvalue weighted by Crippen LogP contribution is 2.25. The fourth-order valence-electron chi connectivity index (χ4n) is 2.02. The number of rotatable bonds is 4. The minimum absolute atomic E-state index is 0.0896. The lowest BCUT2D eigenvalue weighted by Crippen LogP contribution is -2.07. The molecule has 0 aliphatic carbocycles. The first-order valence-electron chi connectivity index (χ1n) is 6.13. The number of benzene rings is 2. The van der Waals surface area contributed by atoms with Gasteiger partial charge in [0.25, 0.3) is 0 Å². The number of hydrogen-bond donors (Lipinski definition) is 0. The Kier molecular flexibility index (Phi) is 4.40. The Morgan fingerprint density at radius 1 is 1.25 bits per heavy atom. The lowest BCUT2D eigenvalue weighted by atomic mass is 9.99. The molecule has 0 radical (unpaired) electrons. The molecule has 2 rings (SSSR count). The number of halogens is 2. The fourth-order valence-corrected chi connectivity index (χ4v) is 2.18. The molecule has 20 heavy (non-hydrogen) atoms. The van der Waals surface area contributed by atoms with Crippen LogP contribution in [0.1, 0.15) is 21.5 Å². The van der Waals surface area contributed by atoms with Crippen LogP contribution in [0, 0.1) is 12.7 Å². The summed E-state index contributed by atoms with van der Waals surface area (Å²) in [5.74, 6) is 0.0539. The van der Waals surface area contributed by atoms with Gasteiger partial charge < -0.3 is 4.74 Å². The highest BCUT2D eigenvalue weighted by atomic mass is 35.5. The molecule has 0 amide bonds. The van der Waals surface area contributed by atoms with E-state index in [1.54, 1.807) is 31.2 Å². The smallest absolute Gasteiger partial charge is 0.170 e. The number of ketones is 1. The van der Waals surface area contributed by atoms with Crippen LogP contribution >= 0.6 is 11.6 Å². The lowest BCUT2D eigenvalue weighted by Gasteiger charge is -2.09. The van der Waals surface area contributed by atoms with E-state index in [-0.39, 0.29) is 18.0 Å². The minimum Gasteiger partial charge on any atom is -0.496 e. The van der Waals surface area contributed by atoms with E-state index in [1.807, 2.05) is 0 Å². The zero-order chi connectivity index (χ0) is 14.7. The Hall–Kier alpha value is -1.87. The molecule has 2 nitrogen and oxygen atoms in total. The average molecular weight is 293 g/mol.